The largest absolute Gasteiger partial charge is 0.469 e. The van der Waals surface area contributed by atoms with E-state index in [1.165, 1.54) is 12.1 Å². The minimum atomic E-state index is -0.269. The fourth-order valence-electron chi connectivity index (χ4n) is 3.33. The molecule has 2 aromatic rings. The van der Waals surface area contributed by atoms with E-state index in [1.807, 2.05) is 25.1 Å². The van der Waals surface area contributed by atoms with Crippen molar-refractivity contribution in [3.05, 3.63) is 59.8 Å². The molecule has 1 aliphatic rings. The van der Waals surface area contributed by atoms with Gasteiger partial charge in [-0.05, 0) is 49.6 Å². The van der Waals surface area contributed by atoms with Gasteiger partial charge in [-0.3, -0.25) is 0 Å². The maximum Gasteiger partial charge on any atom is 0.409 e. The van der Waals surface area contributed by atoms with Crippen LogP contribution in [0, 0.1) is 5.82 Å². The third-order valence-electron chi connectivity index (χ3n) is 4.91. The van der Waals surface area contributed by atoms with E-state index in [4.69, 9.17) is 9.15 Å². The fourth-order valence-corrected chi connectivity index (χ4v) is 3.33. The number of nitrogens with zero attached hydrogens (tertiary/aromatic N) is 2. The Morgan fingerprint density at radius 1 is 1.30 bits per heavy atom. The number of guanidine groups is 1. The van der Waals surface area contributed by atoms with Crippen LogP contribution in [-0.4, -0.2) is 49.2 Å². The van der Waals surface area contributed by atoms with E-state index in [2.05, 4.69) is 15.6 Å². The van der Waals surface area contributed by atoms with Crippen LogP contribution < -0.4 is 10.6 Å². The van der Waals surface area contributed by atoms with Crippen molar-refractivity contribution >= 4 is 12.1 Å². The van der Waals surface area contributed by atoms with Crippen molar-refractivity contribution in [2.24, 2.45) is 4.99 Å². The zero-order chi connectivity index (χ0) is 21.2. The van der Waals surface area contributed by atoms with E-state index >= 15 is 0 Å². The van der Waals surface area contributed by atoms with Gasteiger partial charge in [-0.25, -0.2) is 14.2 Å². The molecular weight excluding hydrogens is 387 g/mol. The lowest BCUT2D eigenvalue weighted by Gasteiger charge is -2.32. The number of piperidine rings is 1. The van der Waals surface area contributed by atoms with Gasteiger partial charge in [-0.15, -0.1) is 0 Å². The number of carbonyl (C=O) groups excluding carboxylic acids is 1. The molecule has 0 aliphatic carbocycles. The standard InChI is InChI=1S/C22H29FN4O3/c1-2-29-22(28)27-12-9-19(10-13-27)26-21(24-11-8-20-7-4-14-30-20)25-16-17-5-3-6-18(23)15-17/h3-7,14-15,19H,2,8-13,16H2,1H3,(H2,24,25,26). The van der Waals surface area contributed by atoms with E-state index in [1.54, 1.807) is 17.2 Å². The first kappa shape index (κ1) is 21.7. The second-order valence-corrected chi connectivity index (χ2v) is 7.16. The molecule has 0 saturated carbocycles. The number of benzene rings is 1. The Morgan fingerprint density at radius 2 is 2.13 bits per heavy atom. The van der Waals surface area contributed by atoms with Crippen LogP contribution in [0.1, 0.15) is 31.1 Å². The molecule has 1 aliphatic heterocycles. The lowest BCUT2D eigenvalue weighted by molar-refractivity contribution is 0.0963. The highest BCUT2D eigenvalue weighted by atomic mass is 19.1. The third-order valence-corrected chi connectivity index (χ3v) is 4.91. The van der Waals surface area contributed by atoms with E-state index in [0.29, 0.717) is 38.7 Å². The van der Waals surface area contributed by atoms with E-state index in [9.17, 15) is 9.18 Å². The van der Waals surface area contributed by atoms with Crippen LogP contribution in [-0.2, 0) is 17.7 Å². The summed E-state index contributed by atoms with van der Waals surface area (Å²) in [6.07, 6.45) is 3.74. The topological polar surface area (TPSA) is 79.1 Å². The number of likely N-dealkylation sites (tertiary alicyclic amines) is 1. The van der Waals surface area contributed by atoms with Crippen LogP contribution >= 0.6 is 0 Å². The molecule has 0 atom stereocenters. The minimum absolute atomic E-state index is 0.193. The molecule has 0 unspecified atom stereocenters. The van der Waals surface area contributed by atoms with Gasteiger partial charge in [0.05, 0.1) is 19.4 Å². The van der Waals surface area contributed by atoms with E-state index in [-0.39, 0.29) is 18.0 Å². The molecule has 0 radical (unpaired) electrons. The van der Waals surface area contributed by atoms with Crippen molar-refractivity contribution in [3.8, 4) is 0 Å². The zero-order valence-corrected chi connectivity index (χ0v) is 17.3. The Labute approximate surface area is 176 Å². The maximum absolute atomic E-state index is 13.4. The molecule has 8 heteroatoms. The number of nitrogens with one attached hydrogen (secondary N) is 2. The van der Waals surface area contributed by atoms with Crippen LogP contribution in [0.5, 0.6) is 0 Å². The Balaban J connectivity index is 1.56. The van der Waals surface area contributed by atoms with Gasteiger partial charge in [0.2, 0.25) is 0 Å². The van der Waals surface area contributed by atoms with Crippen LogP contribution in [0.3, 0.4) is 0 Å². The summed E-state index contributed by atoms with van der Waals surface area (Å²) in [4.78, 5) is 18.2. The Bertz CT molecular complexity index is 818. The molecule has 1 fully saturated rings. The van der Waals surface area contributed by atoms with Crippen LogP contribution in [0.4, 0.5) is 9.18 Å². The molecule has 0 spiro atoms. The summed E-state index contributed by atoms with van der Waals surface area (Å²) in [7, 11) is 0. The molecular formula is C22H29FN4O3. The molecule has 1 aromatic heterocycles. The average Bonchev–Trinajstić information content (AvgIpc) is 3.26. The highest BCUT2D eigenvalue weighted by molar-refractivity contribution is 5.80. The van der Waals surface area contributed by atoms with Crippen molar-refractivity contribution in [2.45, 2.75) is 38.8 Å². The first-order chi connectivity index (χ1) is 14.6. The lowest BCUT2D eigenvalue weighted by Crippen LogP contribution is -2.50. The van der Waals surface area contributed by atoms with Crippen molar-refractivity contribution < 1.29 is 18.3 Å². The Morgan fingerprint density at radius 3 is 2.83 bits per heavy atom. The first-order valence-corrected chi connectivity index (χ1v) is 10.4. The van der Waals surface area contributed by atoms with Gasteiger partial charge in [0.15, 0.2) is 5.96 Å². The maximum atomic E-state index is 13.4. The number of furan rings is 1. The SMILES string of the molecule is CCOC(=O)N1CCC(NC(=NCc2cccc(F)c2)NCCc2ccco2)CC1. The molecule has 2 N–H and O–H groups in total. The second kappa shape index (κ2) is 11.2. The van der Waals surface area contributed by atoms with Crippen LogP contribution in [0.2, 0.25) is 0 Å². The minimum Gasteiger partial charge on any atom is -0.469 e. The molecule has 7 nitrogen and oxygen atoms in total. The predicted molar refractivity (Wildman–Crippen MR) is 113 cm³/mol. The quantitative estimate of drug-likeness (QED) is 0.535. The molecule has 1 saturated heterocycles. The monoisotopic (exact) mass is 416 g/mol. The van der Waals surface area contributed by atoms with Crippen molar-refractivity contribution in [2.75, 3.05) is 26.2 Å². The third kappa shape index (κ3) is 6.79. The van der Waals surface area contributed by atoms with E-state index < -0.39 is 0 Å². The van der Waals surface area contributed by atoms with Gasteiger partial charge in [0.25, 0.3) is 0 Å². The number of ether oxygens (including phenoxy) is 1. The summed E-state index contributed by atoms with van der Waals surface area (Å²) in [6, 6.07) is 10.4. The molecule has 30 heavy (non-hydrogen) atoms. The second-order valence-electron chi connectivity index (χ2n) is 7.16. The van der Waals surface area contributed by atoms with Gasteiger partial charge in [0, 0.05) is 32.1 Å². The van der Waals surface area contributed by atoms with Gasteiger partial charge < -0.3 is 24.7 Å². The summed E-state index contributed by atoms with van der Waals surface area (Å²) in [5.41, 5.74) is 0.805. The van der Waals surface area contributed by atoms with Gasteiger partial charge in [-0.2, -0.15) is 0 Å². The Kier molecular flexibility index (Phi) is 8.11. The molecule has 162 valence electrons. The number of aliphatic imine (C=N–C) groups is 1. The smallest absolute Gasteiger partial charge is 0.409 e. The predicted octanol–water partition coefficient (Wildman–Crippen LogP) is 3.32. The number of carbonyl (C=O) groups is 1. The summed E-state index contributed by atoms with van der Waals surface area (Å²) in [5, 5.41) is 6.77. The Hall–Kier alpha value is -3.03. The summed E-state index contributed by atoms with van der Waals surface area (Å²) in [5.74, 6) is 1.30. The molecule has 3 rings (SSSR count). The normalized spacial score (nSPS) is 15.1. The van der Waals surface area contributed by atoms with Crippen molar-refractivity contribution in [1.29, 1.82) is 0 Å². The van der Waals surface area contributed by atoms with Gasteiger partial charge in [0.1, 0.15) is 11.6 Å². The number of amides is 1. The summed E-state index contributed by atoms with van der Waals surface area (Å²) >= 11 is 0. The van der Waals surface area contributed by atoms with Gasteiger partial charge >= 0.3 is 6.09 Å². The van der Waals surface area contributed by atoms with Crippen molar-refractivity contribution in [3.63, 3.8) is 0 Å². The molecule has 0 bridgehead atoms. The number of rotatable bonds is 7. The van der Waals surface area contributed by atoms with Gasteiger partial charge in [-0.1, -0.05) is 12.1 Å². The fraction of sp³-hybridized carbons (Fsp3) is 0.455. The first-order valence-electron chi connectivity index (χ1n) is 10.4. The number of hydrogen-bond acceptors (Lipinski definition) is 4. The summed E-state index contributed by atoms with van der Waals surface area (Å²) in [6.45, 7) is 4.50. The number of hydrogen-bond donors (Lipinski definition) is 2. The van der Waals surface area contributed by atoms with Crippen molar-refractivity contribution in [1.82, 2.24) is 15.5 Å². The molecule has 1 aromatic carbocycles. The highest BCUT2D eigenvalue weighted by Crippen LogP contribution is 2.12. The summed E-state index contributed by atoms with van der Waals surface area (Å²) < 4.78 is 23.9. The highest BCUT2D eigenvalue weighted by Gasteiger charge is 2.24. The molecule has 1 amide bonds. The zero-order valence-electron chi connectivity index (χ0n) is 17.3. The van der Waals surface area contributed by atoms with Crippen LogP contribution in [0.25, 0.3) is 0 Å². The average molecular weight is 416 g/mol. The number of halogens is 1. The van der Waals surface area contributed by atoms with Crippen LogP contribution in [0.15, 0.2) is 52.1 Å². The van der Waals surface area contributed by atoms with E-state index in [0.717, 1.165) is 30.6 Å². The molecule has 2 heterocycles. The lowest BCUT2D eigenvalue weighted by atomic mass is 10.1.